The lowest BCUT2D eigenvalue weighted by molar-refractivity contribution is 0.281. The van der Waals surface area contributed by atoms with E-state index < -0.39 is 0 Å². The molecule has 0 saturated heterocycles. The van der Waals surface area contributed by atoms with Crippen LogP contribution in [-0.2, 0) is 6.61 Å². The maximum atomic E-state index is 9.07. The Labute approximate surface area is 120 Å². The first-order valence-electron chi connectivity index (χ1n) is 5.65. The molecule has 20 heavy (non-hydrogen) atoms. The van der Waals surface area contributed by atoms with Crippen LogP contribution in [0.25, 0.3) is 0 Å². The second-order valence-electron chi connectivity index (χ2n) is 3.87. The summed E-state index contributed by atoms with van der Waals surface area (Å²) in [4.78, 5) is 4.00. The number of amidine groups is 1. The predicted octanol–water partition coefficient (Wildman–Crippen LogP) is 2.11. The fourth-order valence-corrected chi connectivity index (χ4v) is 1.81. The molecule has 2 rings (SSSR count). The van der Waals surface area contributed by atoms with Gasteiger partial charge in [-0.3, -0.25) is 0 Å². The number of hydrogen-bond donors (Lipinski definition) is 3. The quantitative estimate of drug-likeness (QED) is 0.347. The van der Waals surface area contributed by atoms with E-state index in [0.717, 1.165) is 0 Å². The normalized spacial score (nSPS) is 11.4. The molecular weight excluding hydrogens is 282 g/mol. The molecule has 0 aliphatic heterocycles. The number of aliphatic hydroxyl groups excluding tert-OH is 1. The van der Waals surface area contributed by atoms with Gasteiger partial charge in [-0.25, -0.2) is 4.98 Å². The Balaban J connectivity index is 2.34. The minimum absolute atomic E-state index is 0.0947. The van der Waals surface area contributed by atoms with Crippen molar-refractivity contribution in [3.63, 3.8) is 0 Å². The lowest BCUT2D eigenvalue weighted by Gasteiger charge is -2.09. The van der Waals surface area contributed by atoms with Crippen molar-refractivity contribution in [2.75, 3.05) is 0 Å². The van der Waals surface area contributed by atoms with E-state index in [1.165, 1.54) is 12.3 Å². The van der Waals surface area contributed by atoms with Gasteiger partial charge in [-0.2, -0.15) is 0 Å². The highest BCUT2D eigenvalue weighted by atomic mass is 35.5. The average molecular weight is 294 g/mol. The molecule has 7 heteroatoms. The van der Waals surface area contributed by atoms with Crippen molar-refractivity contribution in [2.45, 2.75) is 6.61 Å². The summed E-state index contributed by atoms with van der Waals surface area (Å²) >= 11 is 6.10. The Morgan fingerprint density at radius 1 is 1.40 bits per heavy atom. The number of oxime groups is 1. The fraction of sp³-hybridized carbons (Fsp3) is 0.0769. The molecule has 0 aliphatic rings. The van der Waals surface area contributed by atoms with E-state index in [2.05, 4.69) is 10.1 Å². The summed E-state index contributed by atoms with van der Waals surface area (Å²) in [6.07, 6.45) is 1.44. The van der Waals surface area contributed by atoms with Crippen molar-refractivity contribution < 1.29 is 15.1 Å². The van der Waals surface area contributed by atoms with Gasteiger partial charge in [0.25, 0.3) is 0 Å². The van der Waals surface area contributed by atoms with Crippen molar-refractivity contribution in [1.82, 2.24) is 4.98 Å². The molecule has 0 saturated carbocycles. The van der Waals surface area contributed by atoms with Crippen molar-refractivity contribution in [2.24, 2.45) is 10.9 Å². The molecule has 0 unspecified atom stereocenters. The highest BCUT2D eigenvalue weighted by Gasteiger charge is 2.13. The van der Waals surface area contributed by atoms with Crippen molar-refractivity contribution in [1.29, 1.82) is 0 Å². The van der Waals surface area contributed by atoms with Gasteiger partial charge in [-0.1, -0.05) is 28.9 Å². The summed E-state index contributed by atoms with van der Waals surface area (Å²) in [5, 5.41) is 20.8. The van der Waals surface area contributed by atoms with Crippen molar-refractivity contribution in [3.05, 3.63) is 52.7 Å². The SMILES string of the molecule is N/C(=N/O)c1ccnc(Oc2cccc(CO)c2)c1Cl. The molecule has 0 amide bonds. The molecule has 2 aromatic rings. The summed E-state index contributed by atoms with van der Waals surface area (Å²) in [7, 11) is 0. The van der Waals surface area contributed by atoms with Crippen LogP contribution in [0.3, 0.4) is 0 Å². The first-order chi connectivity index (χ1) is 9.65. The number of aliphatic hydroxyl groups is 1. The third-order valence-electron chi connectivity index (χ3n) is 2.54. The lowest BCUT2D eigenvalue weighted by atomic mass is 10.2. The third-order valence-corrected chi connectivity index (χ3v) is 2.90. The second-order valence-corrected chi connectivity index (χ2v) is 4.25. The summed E-state index contributed by atoms with van der Waals surface area (Å²) in [6, 6.07) is 8.37. The minimum Gasteiger partial charge on any atom is -0.438 e. The Morgan fingerprint density at radius 2 is 2.20 bits per heavy atom. The van der Waals surface area contributed by atoms with Crippen LogP contribution in [0.4, 0.5) is 0 Å². The highest BCUT2D eigenvalue weighted by Crippen LogP contribution is 2.30. The van der Waals surface area contributed by atoms with Gasteiger partial charge in [0, 0.05) is 11.8 Å². The van der Waals surface area contributed by atoms with Gasteiger partial charge in [0.2, 0.25) is 5.88 Å². The highest BCUT2D eigenvalue weighted by molar-refractivity contribution is 6.35. The number of pyridine rings is 1. The molecule has 4 N–H and O–H groups in total. The van der Waals surface area contributed by atoms with Crippen molar-refractivity contribution in [3.8, 4) is 11.6 Å². The van der Waals surface area contributed by atoms with E-state index >= 15 is 0 Å². The topological polar surface area (TPSA) is 101 Å². The zero-order valence-corrected chi connectivity index (χ0v) is 11.1. The molecule has 0 spiro atoms. The van der Waals surface area contributed by atoms with Gasteiger partial charge in [0.1, 0.15) is 10.8 Å². The van der Waals surface area contributed by atoms with Gasteiger partial charge in [0.05, 0.1) is 6.61 Å². The Hall–Kier alpha value is -2.31. The van der Waals surface area contributed by atoms with Crippen LogP contribution < -0.4 is 10.5 Å². The van der Waals surface area contributed by atoms with E-state index in [0.29, 0.717) is 16.9 Å². The van der Waals surface area contributed by atoms with Gasteiger partial charge in [-0.05, 0) is 23.8 Å². The lowest BCUT2D eigenvalue weighted by Crippen LogP contribution is -2.14. The summed E-state index contributed by atoms with van der Waals surface area (Å²) in [6.45, 7) is -0.0947. The molecule has 0 fully saturated rings. The number of aromatic nitrogens is 1. The number of nitrogens with zero attached hydrogens (tertiary/aromatic N) is 2. The number of ether oxygens (including phenoxy) is 1. The molecule has 0 bridgehead atoms. The van der Waals surface area contributed by atoms with Crippen LogP contribution in [0.1, 0.15) is 11.1 Å². The Morgan fingerprint density at radius 3 is 2.90 bits per heavy atom. The van der Waals surface area contributed by atoms with Gasteiger partial charge in [-0.15, -0.1) is 0 Å². The average Bonchev–Trinajstić information content (AvgIpc) is 2.49. The maximum Gasteiger partial charge on any atom is 0.238 e. The summed E-state index contributed by atoms with van der Waals surface area (Å²) < 4.78 is 5.54. The molecule has 1 aromatic carbocycles. The number of nitrogens with two attached hydrogens (primary N) is 1. The smallest absolute Gasteiger partial charge is 0.238 e. The predicted molar refractivity (Wildman–Crippen MR) is 74.2 cm³/mol. The summed E-state index contributed by atoms with van der Waals surface area (Å²) in [5.74, 6) is 0.472. The molecular formula is C13H12ClN3O3. The maximum absolute atomic E-state index is 9.07. The summed E-state index contributed by atoms with van der Waals surface area (Å²) in [5.41, 5.74) is 6.52. The zero-order chi connectivity index (χ0) is 14.5. The third kappa shape index (κ3) is 2.98. The van der Waals surface area contributed by atoms with Crippen LogP contribution in [0, 0.1) is 0 Å². The molecule has 1 aromatic heterocycles. The number of benzene rings is 1. The van der Waals surface area contributed by atoms with E-state index in [4.69, 9.17) is 32.4 Å². The number of hydrogen-bond acceptors (Lipinski definition) is 5. The van der Waals surface area contributed by atoms with E-state index in [-0.39, 0.29) is 23.3 Å². The van der Waals surface area contributed by atoms with Gasteiger partial charge in [0.15, 0.2) is 5.84 Å². The monoisotopic (exact) mass is 293 g/mol. The number of halogens is 1. The number of rotatable bonds is 4. The van der Waals surface area contributed by atoms with Crippen LogP contribution >= 0.6 is 11.6 Å². The van der Waals surface area contributed by atoms with E-state index in [1.807, 2.05) is 0 Å². The molecule has 0 atom stereocenters. The zero-order valence-electron chi connectivity index (χ0n) is 10.3. The van der Waals surface area contributed by atoms with Gasteiger partial charge >= 0.3 is 0 Å². The Bertz CT molecular complexity index is 647. The standard InChI is InChI=1S/C13H12ClN3O3/c14-11-10(12(15)17-19)4-5-16-13(11)20-9-3-1-2-8(6-9)7-18/h1-6,18-19H,7H2,(H2,15,17). The van der Waals surface area contributed by atoms with Crippen molar-refractivity contribution >= 4 is 17.4 Å². The van der Waals surface area contributed by atoms with Gasteiger partial charge < -0.3 is 20.8 Å². The van der Waals surface area contributed by atoms with Crippen LogP contribution in [-0.4, -0.2) is 21.1 Å². The minimum atomic E-state index is -0.133. The second kappa shape index (κ2) is 6.23. The molecule has 0 aliphatic carbocycles. The molecule has 6 nitrogen and oxygen atoms in total. The molecule has 104 valence electrons. The van der Waals surface area contributed by atoms with E-state index in [1.54, 1.807) is 24.3 Å². The van der Waals surface area contributed by atoms with Crippen LogP contribution in [0.15, 0.2) is 41.7 Å². The Kier molecular flexibility index (Phi) is 4.39. The van der Waals surface area contributed by atoms with Crippen LogP contribution in [0.5, 0.6) is 11.6 Å². The molecule has 1 heterocycles. The molecule has 0 radical (unpaired) electrons. The van der Waals surface area contributed by atoms with E-state index in [9.17, 15) is 0 Å². The fourth-order valence-electron chi connectivity index (χ4n) is 1.57. The largest absolute Gasteiger partial charge is 0.438 e. The first kappa shape index (κ1) is 14.1. The first-order valence-corrected chi connectivity index (χ1v) is 6.03. The van der Waals surface area contributed by atoms with Crippen LogP contribution in [0.2, 0.25) is 5.02 Å².